The summed E-state index contributed by atoms with van der Waals surface area (Å²) in [6, 6.07) is 10.3. The maximum absolute atomic E-state index is 10.5. The molecule has 13 heavy (non-hydrogen) atoms. The number of aryl methyl sites for hydroxylation is 1. The van der Waals surface area contributed by atoms with E-state index in [4.69, 9.17) is 0 Å². The van der Waals surface area contributed by atoms with Gasteiger partial charge in [-0.3, -0.25) is 0 Å². The van der Waals surface area contributed by atoms with Crippen molar-refractivity contribution in [2.24, 2.45) is 5.14 Å². The molecule has 0 amide bonds. The first-order valence-corrected chi connectivity index (χ1v) is 4.92. The third kappa shape index (κ3) is 8.93. The number of hydrogen-bond acceptors (Lipinski definition) is 2. The highest BCUT2D eigenvalue weighted by Crippen LogP contribution is 1.92. The minimum atomic E-state index is -4.08. The van der Waals surface area contributed by atoms with Gasteiger partial charge >= 0.3 is 10.2 Å². The summed E-state index contributed by atoms with van der Waals surface area (Å²) in [5.74, 6) is 0. The standard InChI is InChI=1S/C7H8.FH3N2O2S/c1-7-5-3-2-4-6-7;1-3-6(2,4)5/h2-6H,1H3;3H,(H2,2,4,5). The van der Waals surface area contributed by atoms with E-state index in [0.717, 1.165) is 0 Å². The average molecular weight is 206 g/mol. The van der Waals surface area contributed by atoms with Crippen molar-refractivity contribution in [3.05, 3.63) is 35.9 Å². The molecular formula is C7H11FN2O2S. The first kappa shape index (κ1) is 12.0. The lowest BCUT2D eigenvalue weighted by molar-refractivity contribution is 0.426. The fraction of sp³-hybridized carbons (Fsp3) is 0.143. The van der Waals surface area contributed by atoms with Crippen LogP contribution in [-0.2, 0) is 10.2 Å². The van der Waals surface area contributed by atoms with Gasteiger partial charge in [0.2, 0.25) is 0 Å². The largest absolute Gasteiger partial charge is 0.300 e. The molecule has 0 bridgehead atoms. The van der Waals surface area contributed by atoms with Gasteiger partial charge in [0.1, 0.15) is 0 Å². The van der Waals surface area contributed by atoms with E-state index in [-0.39, 0.29) is 0 Å². The molecule has 6 heteroatoms. The minimum Gasteiger partial charge on any atom is -0.214 e. The Morgan fingerprint density at radius 2 is 1.69 bits per heavy atom. The maximum atomic E-state index is 10.5. The number of nitrogens with two attached hydrogens (primary N) is 1. The maximum Gasteiger partial charge on any atom is 0.300 e. The predicted octanol–water partition coefficient (Wildman–Crippen LogP) is 0.659. The molecular weight excluding hydrogens is 195 g/mol. The van der Waals surface area contributed by atoms with E-state index in [9.17, 15) is 12.9 Å². The van der Waals surface area contributed by atoms with Crippen LogP contribution in [-0.4, -0.2) is 8.42 Å². The second-order valence-electron chi connectivity index (χ2n) is 2.28. The highest BCUT2D eigenvalue weighted by molar-refractivity contribution is 7.87. The zero-order valence-corrected chi connectivity index (χ0v) is 7.88. The molecule has 1 aromatic carbocycles. The van der Waals surface area contributed by atoms with Crippen LogP contribution in [0.2, 0.25) is 0 Å². The van der Waals surface area contributed by atoms with Crippen molar-refractivity contribution in [2.75, 3.05) is 0 Å². The second kappa shape index (κ2) is 5.63. The Kier molecular flexibility index (Phi) is 5.20. The first-order valence-electron chi connectivity index (χ1n) is 3.37. The van der Waals surface area contributed by atoms with Gasteiger partial charge < -0.3 is 0 Å². The molecule has 0 radical (unpaired) electrons. The van der Waals surface area contributed by atoms with Crippen LogP contribution in [0.4, 0.5) is 4.48 Å². The van der Waals surface area contributed by atoms with Crippen LogP contribution in [0.25, 0.3) is 0 Å². The molecule has 1 aromatic rings. The summed E-state index contributed by atoms with van der Waals surface area (Å²) < 4.78 is 29.1. The average Bonchev–Trinajstić information content (AvgIpc) is 2.06. The molecule has 0 aliphatic heterocycles. The van der Waals surface area contributed by atoms with E-state index in [1.54, 1.807) is 0 Å². The van der Waals surface area contributed by atoms with Crippen LogP contribution >= 0.6 is 0 Å². The van der Waals surface area contributed by atoms with E-state index < -0.39 is 10.2 Å². The van der Waals surface area contributed by atoms with Crippen molar-refractivity contribution in [1.29, 1.82) is 0 Å². The molecule has 0 heterocycles. The Morgan fingerprint density at radius 1 is 1.31 bits per heavy atom. The molecule has 1 rings (SSSR count). The van der Waals surface area contributed by atoms with Gasteiger partial charge in [0, 0.05) is 0 Å². The monoisotopic (exact) mass is 206 g/mol. The molecule has 0 fully saturated rings. The van der Waals surface area contributed by atoms with Crippen LogP contribution in [0.15, 0.2) is 30.3 Å². The first-order chi connectivity index (χ1) is 5.95. The lowest BCUT2D eigenvalue weighted by Gasteiger charge is -1.82. The summed E-state index contributed by atoms with van der Waals surface area (Å²) in [6.45, 7) is 2.08. The second-order valence-corrected chi connectivity index (χ2v) is 3.52. The smallest absolute Gasteiger partial charge is 0.214 e. The number of nitrogens with one attached hydrogen (secondary N) is 1. The topological polar surface area (TPSA) is 72.2 Å². The molecule has 3 N–H and O–H groups in total. The van der Waals surface area contributed by atoms with Gasteiger partial charge in [-0.2, -0.15) is 8.42 Å². The van der Waals surface area contributed by atoms with E-state index >= 15 is 0 Å². The van der Waals surface area contributed by atoms with Crippen LogP contribution < -0.4 is 10.1 Å². The Hall–Kier alpha value is -0.980. The number of halogens is 1. The zero-order chi connectivity index (χ0) is 10.3. The molecule has 4 nitrogen and oxygen atoms in total. The molecule has 0 spiro atoms. The summed E-state index contributed by atoms with van der Waals surface area (Å²) in [5, 5.41) is 4.02. The fourth-order valence-corrected chi connectivity index (χ4v) is 0.534. The third-order valence-electron chi connectivity index (χ3n) is 1.05. The summed E-state index contributed by atoms with van der Waals surface area (Å²) >= 11 is 0. The molecule has 0 aliphatic carbocycles. The Bertz CT molecular complexity index is 326. The summed E-state index contributed by atoms with van der Waals surface area (Å²) in [7, 11) is -4.08. The van der Waals surface area contributed by atoms with E-state index in [2.05, 4.69) is 24.2 Å². The Morgan fingerprint density at radius 3 is 1.85 bits per heavy atom. The fourth-order valence-electron chi connectivity index (χ4n) is 0.534. The van der Waals surface area contributed by atoms with Crippen LogP contribution in [0.3, 0.4) is 0 Å². The SMILES string of the molecule is Cc1ccccc1.NS(=O)(=O)NF. The van der Waals surface area contributed by atoms with Gasteiger partial charge in [0.15, 0.2) is 0 Å². The number of rotatable bonds is 1. The lowest BCUT2D eigenvalue weighted by Crippen LogP contribution is -2.23. The summed E-state index contributed by atoms with van der Waals surface area (Å²) in [4.78, 5) is 0.354. The normalized spacial score (nSPS) is 10.1. The van der Waals surface area contributed by atoms with Gasteiger partial charge in [-0.15, -0.1) is 4.48 Å². The van der Waals surface area contributed by atoms with Gasteiger partial charge in [0.05, 0.1) is 0 Å². The molecule has 0 saturated carbocycles. The summed E-state index contributed by atoms with van der Waals surface area (Å²) in [5.41, 5.74) is 1.32. The van der Waals surface area contributed by atoms with Crippen molar-refractivity contribution in [3.8, 4) is 0 Å². The predicted molar refractivity (Wildman–Crippen MR) is 48.5 cm³/mol. The van der Waals surface area contributed by atoms with Crippen molar-refractivity contribution in [3.63, 3.8) is 0 Å². The van der Waals surface area contributed by atoms with Gasteiger partial charge in [-0.05, 0) is 11.9 Å². The number of hydrogen-bond donors (Lipinski definition) is 2. The van der Waals surface area contributed by atoms with Crippen LogP contribution in [0.1, 0.15) is 5.56 Å². The molecule has 0 saturated heterocycles. The van der Waals surface area contributed by atoms with E-state index in [1.165, 1.54) is 5.56 Å². The lowest BCUT2D eigenvalue weighted by atomic mass is 10.2. The van der Waals surface area contributed by atoms with Crippen molar-refractivity contribution < 1.29 is 12.9 Å². The molecule has 74 valence electrons. The minimum absolute atomic E-state index is 0.354. The number of benzene rings is 1. The van der Waals surface area contributed by atoms with E-state index in [1.807, 2.05) is 18.2 Å². The molecule has 0 unspecified atom stereocenters. The van der Waals surface area contributed by atoms with Gasteiger partial charge in [0.25, 0.3) is 0 Å². The Labute approximate surface area is 76.7 Å². The van der Waals surface area contributed by atoms with Crippen molar-refractivity contribution >= 4 is 10.2 Å². The molecule has 0 aliphatic rings. The highest BCUT2D eigenvalue weighted by Gasteiger charge is 1.92. The van der Waals surface area contributed by atoms with Crippen molar-refractivity contribution in [2.45, 2.75) is 6.92 Å². The highest BCUT2D eigenvalue weighted by atomic mass is 32.2. The van der Waals surface area contributed by atoms with E-state index in [0.29, 0.717) is 4.94 Å². The van der Waals surface area contributed by atoms with Crippen molar-refractivity contribution in [1.82, 2.24) is 4.94 Å². The zero-order valence-electron chi connectivity index (χ0n) is 7.07. The molecule has 0 atom stereocenters. The quantitative estimate of drug-likeness (QED) is 0.662. The third-order valence-corrected chi connectivity index (χ3v) is 1.26. The van der Waals surface area contributed by atoms with Gasteiger partial charge in [-0.25, -0.2) is 5.14 Å². The molecule has 0 aromatic heterocycles. The van der Waals surface area contributed by atoms with Crippen LogP contribution in [0, 0.1) is 6.92 Å². The Balaban J connectivity index is 0.000000226. The van der Waals surface area contributed by atoms with Gasteiger partial charge in [-0.1, -0.05) is 35.9 Å². The van der Waals surface area contributed by atoms with Crippen LogP contribution in [0.5, 0.6) is 0 Å². The summed E-state index contributed by atoms with van der Waals surface area (Å²) in [6.07, 6.45) is 0.